The van der Waals surface area contributed by atoms with Gasteiger partial charge in [-0.2, -0.15) is 0 Å². The Kier molecular flexibility index (Phi) is 6.42. The van der Waals surface area contributed by atoms with E-state index < -0.39 is 28.3 Å². The van der Waals surface area contributed by atoms with Gasteiger partial charge >= 0.3 is 11.9 Å². The molecule has 31 heavy (non-hydrogen) atoms. The molecule has 0 bridgehead atoms. The summed E-state index contributed by atoms with van der Waals surface area (Å²) in [5.74, 6) is -1.79. The van der Waals surface area contributed by atoms with Crippen LogP contribution >= 0.6 is 11.6 Å². The second-order valence-electron chi connectivity index (χ2n) is 6.20. The van der Waals surface area contributed by atoms with E-state index in [1.807, 2.05) is 0 Å². The minimum atomic E-state index is -0.807. The largest absolute Gasteiger partial charge is 0.465 e. The second kappa shape index (κ2) is 9.19. The van der Waals surface area contributed by atoms with Gasteiger partial charge < -0.3 is 9.47 Å². The Labute approximate surface area is 181 Å². The van der Waals surface area contributed by atoms with Gasteiger partial charge in [0.25, 0.3) is 5.69 Å². The van der Waals surface area contributed by atoms with E-state index >= 15 is 0 Å². The zero-order chi connectivity index (χ0) is 22.5. The standard InChI is InChI=1S/C22H14ClNO7/c1-30-21(26)13-6-9-15(10-7-13)31-22(27)17-5-3-2-4-16(17)20(25)14-8-11-18(23)19(12-14)24(28)29/h2-12H,1H3. The third-order valence-corrected chi connectivity index (χ3v) is 4.60. The van der Waals surface area contributed by atoms with Gasteiger partial charge in [-0.05, 0) is 42.5 Å². The summed E-state index contributed by atoms with van der Waals surface area (Å²) in [5.41, 5.74) is -0.156. The van der Waals surface area contributed by atoms with Gasteiger partial charge in [0.1, 0.15) is 10.8 Å². The zero-order valence-corrected chi connectivity index (χ0v) is 16.8. The molecule has 0 unspecified atom stereocenters. The quantitative estimate of drug-likeness (QED) is 0.183. The molecule has 0 atom stereocenters. The number of nitro benzene ring substituents is 1. The summed E-state index contributed by atoms with van der Waals surface area (Å²) in [5, 5.41) is 11.0. The smallest absolute Gasteiger partial charge is 0.344 e. The van der Waals surface area contributed by atoms with Crippen molar-refractivity contribution in [2.75, 3.05) is 7.11 Å². The van der Waals surface area contributed by atoms with E-state index in [9.17, 15) is 24.5 Å². The maximum atomic E-state index is 12.9. The average Bonchev–Trinajstić information content (AvgIpc) is 2.78. The van der Waals surface area contributed by atoms with Gasteiger partial charge in [-0.1, -0.05) is 29.8 Å². The lowest BCUT2D eigenvalue weighted by atomic mass is 9.98. The molecule has 0 radical (unpaired) electrons. The average molecular weight is 440 g/mol. The summed E-state index contributed by atoms with van der Waals surface area (Å²) in [6, 6.07) is 15.3. The van der Waals surface area contributed by atoms with Gasteiger partial charge in [0.05, 0.1) is 23.2 Å². The van der Waals surface area contributed by atoms with E-state index in [4.69, 9.17) is 16.3 Å². The first kappa shape index (κ1) is 21.7. The van der Waals surface area contributed by atoms with Crippen LogP contribution in [0.25, 0.3) is 0 Å². The Balaban J connectivity index is 1.88. The molecule has 0 saturated heterocycles. The monoisotopic (exact) mass is 439 g/mol. The van der Waals surface area contributed by atoms with E-state index in [1.165, 1.54) is 55.6 Å². The highest BCUT2D eigenvalue weighted by molar-refractivity contribution is 6.33. The van der Waals surface area contributed by atoms with Crippen molar-refractivity contribution in [2.45, 2.75) is 0 Å². The lowest BCUT2D eigenvalue weighted by Gasteiger charge is -2.09. The molecular weight excluding hydrogens is 426 g/mol. The highest BCUT2D eigenvalue weighted by atomic mass is 35.5. The fourth-order valence-electron chi connectivity index (χ4n) is 2.75. The predicted molar refractivity (Wildman–Crippen MR) is 111 cm³/mol. The van der Waals surface area contributed by atoms with E-state index in [1.54, 1.807) is 12.1 Å². The van der Waals surface area contributed by atoms with Crippen molar-refractivity contribution < 1.29 is 28.8 Å². The summed E-state index contributed by atoms with van der Waals surface area (Å²) in [7, 11) is 1.25. The molecule has 0 fully saturated rings. The summed E-state index contributed by atoms with van der Waals surface area (Å²) < 4.78 is 9.91. The second-order valence-corrected chi connectivity index (χ2v) is 6.61. The fourth-order valence-corrected chi connectivity index (χ4v) is 2.93. The third kappa shape index (κ3) is 4.76. The van der Waals surface area contributed by atoms with Gasteiger partial charge in [-0.25, -0.2) is 9.59 Å². The Bertz CT molecular complexity index is 1190. The molecule has 156 valence electrons. The molecule has 0 aliphatic carbocycles. The van der Waals surface area contributed by atoms with Crippen molar-refractivity contribution in [3.8, 4) is 5.75 Å². The minimum Gasteiger partial charge on any atom is -0.465 e. The van der Waals surface area contributed by atoms with E-state index in [0.717, 1.165) is 6.07 Å². The van der Waals surface area contributed by atoms with Crippen molar-refractivity contribution >= 4 is 35.0 Å². The summed E-state index contributed by atoms with van der Waals surface area (Å²) >= 11 is 5.80. The number of ketones is 1. The van der Waals surface area contributed by atoms with Gasteiger partial charge in [0.15, 0.2) is 5.78 Å². The summed E-state index contributed by atoms with van der Waals surface area (Å²) in [6.07, 6.45) is 0. The molecule has 0 amide bonds. The molecule has 0 aliphatic heterocycles. The number of methoxy groups -OCH3 is 1. The maximum absolute atomic E-state index is 12.9. The van der Waals surface area contributed by atoms with Gasteiger partial charge in [0.2, 0.25) is 0 Å². The molecule has 8 nitrogen and oxygen atoms in total. The molecule has 9 heteroatoms. The number of benzene rings is 3. The van der Waals surface area contributed by atoms with Gasteiger partial charge in [0, 0.05) is 17.2 Å². The SMILES string of the molecule is COC(=O)c1ccc(OC(=O)c2ccccc2C(=O)c2ccc(Cl)c([N+](=O)[O-])c2)cc1. The number of esters is 2. The van der Waals surface area contributed by atoms with Crippen LogP contribution in [0.2, 0.25) is 5.02 Å². The highest BCUT2D eigenvalue weighted by Gasteiger charge is 2.22. The molecule has 3 rings (SSSR count). The first-order valence-corrected chi connectivity index (χ1v) is 9.18. The van der Waals surface area contributed by atoms with Crippen LogP contribution in [0.5, 0.6) is 5.75 Å². The van der Waals surface area contributed by atoms with Crippen molar-refractivity contribution in [3.63, 3.8) is 0 Å². The lowest BCUT2D eigenvalue weighted by Crippen LogP contribution is -2.15. The minimum absolute atomic E-state index is 0.00113. The molecule has 0 saturated carbocycles. The molecule has 0 aliphatic rings. The van der Waals surface area contributed by atoms with Crippen LogP contribution in [0.4, 0.5) is 5.69 Å². The predicted octanol–water partition coefficient (Wildman–Crippen LogP) is 4.49. The van der Waals surface area contributed by atoms with Crippen molar-refractivity contribution in [1.82, 2.24) is 0 Å². The number of rotatable bonds is 6. The number of nitro groups is 1. The van der Waals surface area contributed by atoms with Crippen LogP contribution < -0.4 is 4.74 Å². The van der Waals surface area contributed by atoms with Crippen LogP contribution in [-0.4, -0.2) is 29.8 Å². The molecule has 0 spiro atoms. The highest BCUT2D eigenvalue weighted by Crippen LogP contribution is 2.27. The molecule has 3 aromatic carbocycles. The van der Waals surface area contributed by atoms with Gasteiger partial charge in [-0.3, -0.25) is 14.9 Å². The third-order valence-electron chi connectivity index (χ3n) is 4.28. The first-order valence-electron chi connectivity index (χ1n) is 8.80. The molecule has 0 N–H and O–H groups in total. The zero-order valence-electron chi connectivity index (χ0n) is 16.0. The Hall–Kier alpha value is -4.04. The van der Waals surface area contributed by atoms with Crippen LogP contribution in [0.1, 0.15) is 36.6 Å². The van der Waals surface area contributed by atoms with Crippen LogP contribution in [-0.2, 0) is 4.74 Å². The maximum Gasteiger partial charge on any atom is 0.344 e. The normalized spacial score (nSPS) is 10.3. The number of nitrogens with zero attached hydrogens (tertiary/aromatic N) is 1. The van der Waals surface area contributed by atoms with Crippen molar-refractivity contribution in [1.29, 1.82) is 0 Å². The van der Waals surface area contributed by atoms with Crippen LogP contribution in [0, 0.1) is 10.1 Å². The number of carbonyl (C=O) groups is 3. The number of hydrogen-bond donors (Lipinski definition) is 0. The number of halogens is 1. The first-order chi connectivity index (χ1) is 14.8. The molecule has 3 aromatic rings. The Morgan fingerprint density at radius 3 is 2.10 bits per heavy atom. The van der Waals surface area contributed by atoms with Gasteiger partial charge in [-0.15, -0.1) is 0 Å². The molecular formula is C22H14ClNO7. The Morgan fingerprint density at radius 2 is 1.48 bits per heavy atom. The topological polar surface area (TPSA) is 113 Å². The Morgan fingerprint density at radius 1 is 0.871 bits per heavy atom. The lowest BCUT2D eigenvalue weighted by molar-refractivity contribution is -0.384. The van der Waals surface area contributed by atoms with E-state index in [2.05, 4.69) is 4.74 Å². The van der Waals surface area contributed by atoms with E-state index in [0.29, 0.717) is 0 Å². The summed E-state index contributed by atoms with van der Waals surface area (Å²) in [6.45, 7) is 0. The fraction of sp³-hybridized carbons (Fsp3) is 0.0455. The number of ether oxygens (including phenoxy) is 2. The van der Waals surface area contributed by atoms with Crippen LogP contribution in [0.15, 0.2) is 66.7 Å². The van der Waals surface area contributed by atoms with Crippen LogP contribution in [0.3, 0.4) is 0 Å². The van der Waals surface area contributed by atoms with E-state index in [-0.39, 0.29) is 33.0 Å². The van der Waals surface area contributed by atoms with Crippen molar-refractivity contribution in [3.05, 3.63) is 104 Å². The number of carbonyl (C=O) groups excluding carboxylic acids is 3. The summed E-state index contributed by atoms with van der Waals surface area (Å²) in [4.78, 5) is 47.5. The van der Waals surface area contributed by atoms with Crippen molar-refractivity contribution in [2.24, 2.45) is 0 Å². The molecule has 0 heterocycles. The molecule has 0 aromatic heterocycles. The number of hydrogen-bond acceptors (Lipinski definition) is 7.